The number of allylic oxidation sites excluding steroid dienone is 5. The number of hydrogen-bond donors (Lipinski definition) is 0. The highest BCUT2D eigenvalue weighted by atomic mass is 14.9. The minimum atomic E-state index is 0.512. The number of fused-ring (bicyclic) bond motifs is 1. The van der Waals surface area contributed by atoms with E-state index in [0.717, 1.165) is 35.5 Å². The van der Waals surface area contributed by atoms with Gasteiger partial charge in [-0.3, -0.25) is 0 Å². The van der Waals surface area contributed by atoms with E-state index in [1.165, 1.54) is 37.7 Å². The van der Waals surface area contributed by atoms with E-state index in [1.807, 2.05) is 0 Å². The van der Waals surface area contributed by atoms with Crippen molar-refractivity contribution in [3.05, 3.63) is 36.0 Å². The second-order valence-electron chi connectivity index (χ2n) is 12.1. The van der Waals surface area contributed by atoms with Crippen LogP contribution in [0, 0.1) is 45.3 Å². The molecule has 8 unspecified atom stereocenters. The highest BCUT2D eigenvalue weighted by molar-refractivity contribution is 5.42. The normalized spacial score (nSPS) is 56.5. The predicted molar refractivity (Wildman–Crippen MR) is 118 cm³/mol. The Morgan fingerprint density at radius 2 is 1.86 bits per heavy atom. The Kier molecular flexibility index (Phi) is 3.52. The fourth-order valence-electron chi connectivity index (χ4n) is 10.8. The van der Waals surface area contributed by atoms with E-state index in [-0.39, 0.29) is 0 Å². The Bertz CT molecular complexity index is 784. The Hall–Kier alpha value is -0.780. The summed E-state index contributed by atoms with van der Waals surface area (Å²) >= 11 is 0. The smallest absolute Gasteiger partial charge is 0.00974 e. The molecular weight excluding hydrogens is 336 g/mol. The third kappa shape index (κ3) is 1.74. The van der Waals surface area contributed by atoms with Gasteiger partial charge >= 0.3 is 0 Å². The maximum Gasteiger partial charge on any atom is -0.00974 e. The highest BCUT2D eigenvalue weighted by Gasteiger charge is 2.89. The molecule has 0 radical (unpaired) electrons. The van der Waals surface area contributed by atoms with Crippen LogP contribution in [0.4, 0.5) is 0 Å². The first kappa shape index (κ1) is 18.0. The van der Waals surface area contributed by atoms with E-state index in [0.29, 0.717) is 16.2 Å². The van der Waals surface area contributed by atoms with Crippen molar-refractivity contribution < 1.29 is 0 Å². The van der Waals surface area contributed by atoms with Gasteiger partial charge in [-0.15, -0.1) is 0 Å². The van der Waals surface area contributed by atoms with Gasteiger partial charge < -0.3 is 0 Å². The Labute approximate surface area is 172 Å². The van der Waals surface area contributed by atoms with Crippen LogP contribution in [0.2, 0.25) is 0 Å². The fraction of sp³-hybridized carbons (Fsp3) is 0.786. The molecule has 0 aromatic rings. The van der Waals surface area contributed by atoms with Crippen LogP contribution < -0.4 is 0 Å². The van der Waals surface area contributed by atoms with Crippen molar-refractivity contribution >= 4 is 0 Å². The molecule has 5 saturated carbocycles. The third-order valence-electron chi connectivity index (χ3n) is 12.2. The first-order valence-corrected chi connectivity index (χ1v) is 12.5. The lowest BCUT2D eigenvalue weighted by molar-refractivity contribution is -0.0491. The molecule has 0 aromatic heterocycles. The average Bonchev–Trinajstić information content (AvgIpc) is 2.95. The molecular formula is C28H40. The molecule has 0 N–H and O–H groups in total. The van der Waals surface area contributed by atoms with Crippen molar-refractivity contribution in [1.82, 2.24) is 0 Å². The van der Waals surface area contributed by atoms with Crippen molar-refractivity contribution in [1.29, 1.82) is 0 Å². The van der Waals surface area contributed by atoms with E-state index < -0.39 is 0 Å². The molecule has 0 aromatic carbocycles. The summed E-state index contributed by atoms with van der Waals surface area (Å²) in [6.45, 7) is 12.1. The van der Waals surface area contributed by atoms with Crippen LogP contribution >= 0.6 is 0 Å². The quantitative estimate of drug-likeness (QED) is 0.460. The van der Waals surface area contributed by atoms with Gasteiger partial charge in [0.1, 0.15) is 0 Å². The minimum absolute atomic E-state index is 0.512. The van der Waals surface area contributed by atoms with Crippen LogP contribution in [0.5, 0.6) is 0 Å². The molecule has 5 fully saturated rings. The molecule has 2 spiro atoms. The Morgan fingerprint density at radius 3 is 2.61 bits per heavy atom. The SMILES string of the molecule is C=C1C=CC(C2CCC3(C)C2(C)CCC2C45CCC(CC)CC4CCC253)=CC1. The van der Waals surface area contributed by atoms with Gasteiger partial charge in [0, 0.05) is 0 Å². The summed E-state index contributed by atoms with van der Waals surface area (Å²) in [7, 11) is 0. The summed E-state index contributed by atoms with van der Waals surface area (Å²) in [4.78, 5) is 0. The van der Waals surface area contributed by atoms with Gasteiger partial charge in [-0.2, -0.15) is 0 Å². The maximum atomic E-state index is 4.17. The molecule has 0 heteroatoms. The predicted octanol–water partition coefficient (Wildman–Crippen LogP) is 7.87. The van der Waals surface area contributed by atoms with E-state index in [4.69, 9.17) is 0 Å². The standard InChI is InChI=1S/C28H40/c1-5-20-10-16-27-22(18-20)11-17-28(27)24(27)13-14-25(3)23(12-15-26(25,28)4)21-8-6-19(2)7-9-21/h6,8-9,20,22-24H,2,5,7,10-18H2,1,3-4H3. The van der Waals surface area contributed by atoms with Gasteiger partial charge in [0.25, 0.3) is 0 Å². The molecule has 8 atom stereocenters. The van der Waals surface area contributed by atoms with Gasteiger partial charge in [-0.25, -0.2) is 0 Å². The summed E-state index contributed by atoms with van der Waals surface area (Å²) in [6, 6.07) is 0. The number of rotatable bonds is 2. The second kappa shape index (κ2) is 5.47. The lowest BCUT2D eigenvalue weighted by atomic mass is 9.50. The van der Waals surface area contributed by atoms with Crippen molar-refractivity contribution in [2.45, 2.75) is 91.4 Å². The first-order valence-electron chi connectivity index (χ1n) is 12.5. The molecule has 0 bridgehead atoms. The van der Waals surface area contributed by atoms with Crippen LogP contribution in [0.25, 0.3) is 0 Å². The van der Waals surface area contributed by atoms with Crippen molar-refractivity contribution in [3.8, 4) is 0 Å². The fourth-order valence-corrected chi connectivity index (χ4v) is 10.8. The topological polar surface area (TPSA) is 0 Å². The largest absolute Gasteiger partial charge is 0.0955 e. The molecule has 6 aliphatic carbocycles. The zero-order valence-electron chi connectivity index (χ0n) is 18.5. The van der Waals surface area contributed by atoms with Crippen LogP contribution in [-0.4, -0.2) is 0 Å². The van der Waals surface area contributed by atoms with Gasteiger partial charge in [0.2, 0.25) is 0 Å². The van der Waals surface area contributed by atoms with E-state index in [9.17, 15) is 0 Å². The van der Waals surface area contributed by atoms with Crippen molar-refractivity contribution in [3.63, 3.8) is 0 Å². The average molecular weight is 377 g/mol. The van der Waals surface area contributed by atoms with Gasteiger partial charge in [-0.1, -0.05) is 57.6 Å². The number of hydrogen-bond acceptors (Lipinski definition) is 0. The van der Waals surface area contributed by atoms with Gasteiger partial charge in [0.15, 0.2) is 0 Å². The molecule has 28 heavy (non-hydrogen) atoms. The summed E-state index contributed by atoms with van der Waals surface area (Å²) < 4.78 is 0. The van der Waals surface area contributed by atoms with Crippen LogP contribution in [0.3, 0.4) is 0 Å². The van der Waals surface area contributed by atoms with Gasteiger partial charge in [0.05, 0.1) is 0 Å². The summed E-state index contributed by atoms with van der Waals surface area (Å²) in [5.41, 5.74) is 5.51. The highest BCUT2D eigenvalue weighted by Crippen LogP contribution is 2.95. The van der Waals surface area contributed by atoms with Crippen LogP contribution in [0.1, 0.15) is 91.4 Å². The maximum absolute atomic E-state index is 4.17. The molecule has 0 amide bonds. The molecule has 0 aliphatic heterocycles. The molecule has 6 rings (SSSR count). The third-order valence-corrected chi connectivity index (χ3v) is 12.2. The summed E-state index contributed by atoms with van der Waals surface area (Å²) in [5.74, 6) is 3.99. The van der Waals surface area contributed by atoms with Crippen molar-refractivity contribution in [2.24, 2.45) is 45.3 Å². The molecule has 0 heterocycles. The van der Waals surface area contributed by atoms with E-state index >= 15 is 0 Å². The van der Waals surface area contributed by atoms with E-state index in [1.54, 1.807) is 37.7 Å². The van der Waals surface area contributed by atoms with Gasteiger partial charge in [-0.05, 0) is 115 Å². The summed E-state index contributed by atoms with van der Waals surface area (Å²) in [5, 5.41) is 0. The zero-order chi connectivity index (χ0) is 19.4. The Balaban J connectivity index is 1.38. The molecule has 0 nitrogen and oxygen atoms in total. The zero-order valence-corrected chi connectivity index (χ0v) is 18.5. The lowest BCUT2D eigenvalue weighted by Gasteiger charge is -2.54. The van der Waals surface area contributed by atoms with Crippen LogP contribution in [-0.2, 0) is 0 Å². The monoisotopic (exact) mass is 376 g/mol. The molecule has 152 valence electrons. The molecule has 6 aliphatic rings. The second-order valence-corrected chi connectivity index (χ2v) is 12.1. The first-order chi connectivity index (χ1) is 13.4. The van der Waals surface area contributed by atoms with Crippen molar-refractivity contribution in [2.75, 3.05) is 0 Å². The molecule has 0 saturated heterocycles. The lowest BCUT2D eigenvalue weighted by Crippen LogP contribution is -2.48. The summed E-state index contributed by atoms with van der Waals surface area (Å²) in [6.07, 6.45) is 23.5. The van der Waals surface area contributed by atoms with Crippen LogP contribution in [0.15, 0.2) is 36.0 Å². The Morgan fingerprint density at radius 1 is 1.00 bits per heavy atom. The minimum Gasteiger partial charge on any atom is -0.0955 e. The van der Waals surface area contributed by atoms with E-state index in [2.05, 4.69) is 45.6 Å².